The molecular formula is C5H10N2O. The Kier molecular flexibility index (Phi) is 2.69. The van der Waals surface area contributed by atoms with Crippen molar-refractivity contribution in [2.45, 2.75) is 6.92 Å². The van der Waals surface area contributed by atoms with Crippen LogP contribution in [0.15, 0.2) is 12.3 Å². The SMILES string of the molecule is C=C(N)CNC(C)=O. The summed E-state index contributed by atoms with van der Waals surface area (Å²) in [6, 6.07) is 0. The molecular weight excluding hydrogens is 104 g/mol. The van der Waals surface area contributed by atoms with Gasteiger partial charge >= 0.3 is 0 Å². The summed E-state index contributed by atoms with van der Waals surface area (Å²) in [4.78, 5) is 10.1. The summed E-state index contributed by atoms with van der Waals surface area (Å²) in [5.41, 5.74) is 5.60. The van der Waals surface area contributed by atoms with Crippen molar-refractivity contribution in [1.82, 2.24) is 5.32 Å². The molecule has 0 aromatic carbocycles. The van der Waals surface area contributed by atoms with Crippen molar-refractivity contribution >= 4 is 5.91 Å². The van der Waals surface area contributed by atoms with E-state index in [1.54, 1.807) is 0 Å². The molecule has 0 spiro atoms. The van der Waals surface area contributed by atoms with Gasteiger partial charge in [0.05, 0.1) is 6.54 Å². The smallest absolute Gasteiger partial charge is 0.217 e. The third-order valence-corrected chi connectivity index (χ3v) is 0.564. The van der Waals surface area contributed by atoms with E-state index in [-0.39, 0.29) is 5.91 Å². The lowest BCUT2D eigenvalue weighted by Crippen LogP contribution is -2.24. The summed E-state index contributed by atoms with van der Waals surface area (Å²) in [7, 11) is 0. The van der Waals surface area contributed by atoms with Gasteiger partial charge < -0.3 is 11.1 Å². The molecule has 0 saturated carbocycles. The van der Waals surface area contributed by atoms with Crippen molar-refractivity contribution in [1.29, 1.82) is 0 Å². The Morgan fingerprint density at radius 2 is 2.38 bits per heavy atom. The summed E-state index contributed by atoms with van der Waals surface area (Å²) in [6.45, 7) is 5.19. The fourth-order valence-corrected chi connectivity index (χ4v) is 0.238. The van der Waals surface area contributed by atoms with Crippen molar-refractivity contribution in [3.05, 3.63) is 12.3 Å². The van der Waals surface area contributed by atoms with E-state index >= 15 is 0 Å². The van der Waals surface area contributed by atoms with Gasteiger partial charge in [0.2, 0.25) is 5.91 Å². The minimum absolute atomic E-state index is 0.0865. The molecule has 0 aromatic heterocycles. The molecule has 0 aliphatic carbocycles. The average molecular weight is 114 g/mol. The lowest BCUT2D eigenvalue weighted by atomic mass is 10.5. The van der Waals surface area contributed by atoms with Gasteiger partial charge in [0, 0.05) is 12.6 Å². The predicted molar refractivity (Wildman–Crippen MR) is 32.0 cm³/mol. The Balaban J connectivity index is 3.18. The molecule has 0 saturated heterocycles. The number of nitrogens with two attached hydrogens (primary N) is 1. The van der Waals surface area contributed by atoms with Gasteiger partial charge in [0.25, 0.3) is 0 Å². The average Bonchev–Trinajstić information content (AvgIpc) is 1.61. The summed E-state index contributed by atoms with van der Waals surface area (Å²) < 4.78 is 0. The minimum Gasteiger partial charge on any atom is -0.401 e. The number of carbonyl (C=O) groups excluding carboxylic acids is 1. The molecule has 0 fully saturated rings. The van der Waals surface area contributed by atoms with Crippen LogP contribution in [0.25, 0.3) is 0 Å². The van der Waals surface area contributed by atoms with Gasteiger partial charge in [-0.1, -0.05) is 6.58 Å². The molecule has 0 atom stereocenters. The lowest BCUT2D eigenvalue weighted by Gasteiger charge is -1.97. The Hall–Kier alpha value is -0.990. The maximum atomic E-state index is 10.1. The molecule has 0 aliphatic heterocycles. The maximum Gasteiger partial charge on any atom is 0.217 e. The lowest BCUT2D eigenvalue weighted by molar-refractivity contribution is -0.118. The van der Waals surface area contributed by atoms with Crippen LogP contribution in [-0.2, 0) is 4.79 Å². The quantitative estimate of drug-likeness (QED) is 0.513. The first kappa shape index (κ1) is 7.01. The molecule has 0 aromatic rings. The number of carbonyl (C=O) groups is 1. The van der Waals surface area contributed by atoms with E-state index in [9.17, 15) is 4.79 Å². The number of amides is 1. The van der Waals surface area contributed by atoms with E-state index < -0.39 is 0 Å². The second kappa shape index (κ2) is 3.07. The van der Waals surface area contributed by atoms with Gasteiger partial charge in [0.1, 0.15) is 0 Å². The number of nitrogens with one attached hydrogen (secondary N) is 1. The molecule has 3 N–H and O–H groups in total. The highest BCUT2D eigenvalue weighted by atomic mass is 16.1. The zero-order valence-electron chi connectivity index (χ0n) is 4.90. The first-order valence-corrected chi connectivity index (χ1v) is 2.30. The predicted octanol–water partition coefficient (Wildman–Crippen LogP) is -0.405. The van der Waals surface area contributed by atoms with Gasteiger partial charge in [-0.05, 0) is 0 Å². The largest absolute Gasteiger partial charge is 0.401 e. The molecule has 0 rings (SSSR count). The Bertz CT molecular complexity index is 95.0. The zero-order valence-corrected chi connectivity index (χ0v) is 4.90. The Labute approximate surface area is 48.6 Å². The van der Waals surface area contributed by atoms with Crippen molar-refractivity contribution in [2.24, 2.45) is 5.73 Å². The normalized spacial score (nSPS) is 8.12. The molecule has 0 aliphatic rings. The van der Waals surface area contributed by atoms with Crippen molar-refractivity contribution in [2.75, 3.05) is 6.54 Å². The number of rotatable bonds is 2. The molecule has 0 radical (unpaired) electrons. The van der Waals surface area contributed by atoms with Crippen LogP contribution in [0.1, 0.15) is 6.92 Å². The van der Waals surface area contributed by atoms with E-state index in [4.69, 9.17) is 5.73 Å². The molecule has 3 heteroatoms. The maximum absolute atomic E-state index is 10.1. The highest BCUT2D eigenvalue weighted by Gasteiger charge is 1.87. The van der Waals surface area contributed by atoms with Gasteiger partial charge in [-0.25, -0.2) is 0 Å². The molecule has 0 heterocycles. The van der Waals surface area contributed by atoms with E-state index in [1.165, 1.54) is 6.92 Å². The van der Waals surface area contributed by atoms with Crippen LogP contribution >= 0.6 is 0 Å². The van der Waals surface area contributed by atoms with Gasteiger partial charge in [-0.3, -0.25) is 4.79 Å². The monoisotopic (exact) mass is 114 g/mol. The molecule has 8 heavy (non-hydrogen) atoms. The fourth-order valence-electron chi connectivity index (χ4n) is 0.238. The topological polar surface area (TPSA) is 55.1 Å². The Morgan fingerprint density at radius 3 is 2.50 bits per heavy atom. The van der Waals surface area contributed by atoms with Crippen LogP contribution in [0.3, 0.4) is 0 Å². The van der Waals surface area contributed by atoms with E-state index in [2.05, 4.69) is 11.9 Å². The zero-order chi connectivity index (χ0) is 6.57. The van der Waals surface area contributed by atoms with Crippen LogP contribution in [-0.4, -0.2) is 12.5 Å². The standard InChI is InChI=1S/C5H10N2O/c1-4(6)3-7-5(2)8/h1,3,6H2,2H3,(H,7,8). The summed E-state index contributed by atoms with van der Waals surface area (Å²) >= 11 is 0. The fraction of sp³-hybridized carbons (Fsp3) is 0.400. The minimum atomic E-state index is -0.0865. The van der Waals surface area contributed by atoms with Crippen molar-refractivity contribution in [3.63, 3.8) is 0 Å². The molecule has 0 unspecified atom stereocenters. The van der Waals surface area contributed by atoms with Crippen molar-refractivity contribution in [3.8, 4) is 0 Å². The summed E-state index contributed by atoms with van der Waals surface area (Å²) in [5, 5.41) is 2.48. The summed E-state index contributed by atoms with van der Waals surface area (Å²) in [6.07, 6.45) is 0. The number of hydrogen-bond acceptors (Lipinski definition) is 2. The number of hydrogen-bond donors (Lipinski definition) is 2. The molecule has 3 nitrogen and oxygen atoms in total. The Morgan fingerprint density at radius 1 is 1.88 bits per heavy atom. The van der Waals surface area contributed by atoms with Gasteiger partial charge in [-0.15, -0.1) is 0 Å². The summed E-state index contributed by atoms with van der Waals surface area (Å²) in [5.74, 6) is -0.0865. The van der Waals surface area contributed by atoms with Crippen LogP contribution in [0.5, 0.6) is 0 Å². The highest BCUT2D eigenvalue weighted by Crippen LogP contribution is 1.69. The second-order valence-electron chi connectivity index (χ2n) is 1.57. The first-order chi connectivity index (χ1) is 3.63. The molecule has 0 bridgehead atoms. The van der Waals surface area contributed by atoms with E-state index in [0.717, 1.165) is 0 Å². The highest BCUT2D eigenvalue weighted by molar-refractivity contribution is 5.73. The van der Waals surface area contributed by atoms with E-state index in [0.29, 0.717) is 12.2 Å². The second-order valence-corrected chi connectivity index (χ2v) is 1.57. The van der Waals surface area contributed by atoms with Crippen LogP contribution in [0.4, 0.5) is 0 Å². The van der Waals surface area contributed by atoms with Crippen molar-refractivity contribution < 1.29 is 4.79 Å². The third kappa shape index (κ3) is 5.01. The first-order valence-electron chi connectivity index (χ1n) is 2.30. The van der Waals surface area contributed by atoms with E-state index in [1.807, 2.05) is 0 Å². The van der Waals surface area contributed by atoms with Crippen LogP contribution in [0.2, 0.25) is 0 Å². The van der Waals surface area contributed by atoms with Gasteiger partial charge in [-0.2, -0.15) is 0 Å². The van der Waals surface area contributed by atoms with Crippen LogP contribution < -0.4 is 11.1 Å². The molecule has 1 amide bonds. The third-order valence-electron chi connectivity index (χ3n) is 0.564. The van der Waals surface area contributed by atoms with Gasteiger partial charge in [0.15, 0.2) is 0 Å². The molecule has 46 valence electrons. The van der Waals surface area contributed by atoms with Crippen LogP contribution in [0, 0.1) is 0 Å².